The zero-order chi connectivity index (χ0) is 15.8. The van der Waals surface area contributed by atoms with Crippen molar-refractivity contribution in [3.8, 4) is 0 Å². The topological polar surface area (TPSA) is 84.5 Å². The monoisotopic (exact) mass is 292 g/mol. The molecule has 2 N–H and O–H groups in total. The van der Waals surface area contributed by atoms with Crippen LogP contribution in [0.5, 0.6) is 0 Å². The SMILES string of the molecule is CC(=O)Nc1ccc(C(=O)NCCC(=O)OC(C)C)cc1. The number of carbonyl (C=O) groups excluding carboxylic acids is 3. The maximum atomic E-state index is 11.8. The van der Waals surface area contributed by atoms with Gasteiger partial charge < -0.3 is 15.4 Å². The van der Waals surface area contributed by atoms with Gasteiger partial charge in [0, 0.05) is 24.7 Å². The highest BCUT2D eigenvalue weighted by molar-refractivity contribution is 5.95. The highest BCUT2D eigenvalue weighted by atomic mass is 16.5. The second-order valence-electron chi connectivity index (χ2n) is 4.80. The molecule has 1 rings (SSSR count). The lowest BCUT2D eigenvalue weighted by molar-refractivity contribution is -0.147. The summed E-state index contributed by atoms with van der Waals surface area (Å²) in [6.45, 7) is 5.18. The normalized spacial score (nSPS) is 10.1. The van der Waals surface area contributed by atoms with E-state index >= 15 is 0 Å². The lowest BCUT2D eigenvalue weighted by Gasteiger charge is -2.09. The first kappa shape index (κ1) is 16.7. The van der Waals surface area contributed by atoms with E-state index in [1.165, 1.54) is 6.92 Å². The summed E-state index contributed by atoms with van der Waals surface area (Å²) in [5.74, 6) is -0.788. The second-order valence-corrected chi connectivity index (χ2v) is 4.80. The van der Waals surface area contributed by atoms with Gasteiger partial charge in [-0.3, -0.25) is 14.4 Å². The molecule has 0 spiro atoms. The average Bonchev–Trinajstić information content (AvgIpc) is 2.37. The Morgan fingerprint density at radius 3 is 2.29 bits per heavy atom. The van der Waals surface area contributed by atoms with Gasteiger partial charge in [-0.2, -0.15) is 0 Å². The Kier molecular flexibility index (Phi) is 6.39. The van der Waals surface area contributed by atoms with Gasteiger partial charge in [-0.15, -0.1) is 0 Å². The van der Waals surface area contributed by atoms with Crippen LogP contribution in [0.25, 0.3) is 0 Å². The molecule has 0 saturated heterocycles. The first-order chi connectivity index (χ1) is 9.88. The lowest BCUT2D eigenvalue weighted by Crippen LogP contribution is -2.27. The van der Waals surface area contributed by atoms with Crippen molar-refractivity contribution in [3.63, 3.8) is 0 Å². The Labute approximate surface area is 123 Å². The summed E-state index contributed by atoms with van der Waals surface area (Å²) >= 11 is 0. The molecule has 0 aliphatic carbocycles. The highest BCUT2D eigenvalue weighted by Crippen LogP contribution is 2.09. The molecular weight excluding hydrogens is 272 g/mol. The number of rotatable bonds is 6. The Morgan fingerprint density at radius 1 is 1.14 bits per heavy atom. The quantitative estimate of drug-likeness (QED) is 0.782. The fraction of sp³-hybridized carbons (Fsp3) is 0.400. The van der Waals surface area contributed by atoms with Crippen molar-refractivity contribution in [1.82, 2.24) is 5.32 Å². The Balaban J connectivity index is 2.41. The molecule has 6 heteroatoms. The van der Waals surface area contributed by atoms with Crippen LogP contribution in [0.4, 0.5) is 5.69 Å². The van der Waals surface area contributed by atoms with E-state index < -0.39 is 0 Å². The van der Waals surface area contributed by atoms with Gasteiger partial charge in [0.15, 0.2) is 0 Å². The molecule has 1 aromatic rings. The molecule has 0 heterocycles. The molecule has 0 atom stereocenters. The molecule has 0 bridgehead atoms. The molecule has 0 aliphatic rings. The van der Waals surface area contributed by atoms with Crippen LogP contribution in [0.3, 0.4) is 0 Å². The Hall–Kier alpha value is -2.37. The van der Waals surface area contributed by atoms with Crippen LogP contribution in [-0.4, -0.2) is 30.4 Å². The van der Waals surface area contributed by atoms with Gasteiger partial charge in [0.25, 0.3) is 5.91 Å². The van der Waals surface area contributed by atoms with Crippen LogP contribution in [0, 0.1) is 0 Å². The van der Waals surface area contributed by atoms with E-state index in [0.717, 1.165) is 0 Å². The minimum absolute atomic E-state index is 0.133. The minimum Gasteiger partial charge on any atom is -0.463 e. The summed E-state index contributed by atoms with van der Waals surface area (Å²) in [7, 11) is 0. The zero-order valence-electron chi connectivity index (χ0n) is 12.4. The van der Waals surface area contributed by atoms with Gasteiger partial charge in [-0.05, 0) is 38.1 Å². The molecule has 6 nitrogen and oxygen atoms in total. The van der Waals surface area contributed by atoms with E-state index in [1.54, 1.807) is 38.1 Å². The molecule has 114 valence electrons. The summed E-state index contributed by atoms with van der Waals surface area (Å²) < 4.78 is 4.96. The van der Waals surface area contributed by atoms with Crippen molar-refractivity contribution in [2.75, 3.05) is 11.9 Å². The van der Waals surface area contributed by atoms with Gasteiger partial charge in [0.05, 0.1) is 12.5 Å². The number of anilines is 1. The van der Waals surface area contributed by atoms with E-state index in [9.17, 15) is 14.4 Å². The van der Waals surface area contributed by atoms with Crippen molar-refractivity contribution in [2.24, 2.45) is 0 Å². The third kappa shape index (κ3) is 6.56. The summed E-state index contributed by atoms with van der Waals surface area (Å²) in [5, 5.41) is 5.25. The smallest absolute Gasteiger partial charge is 0.307 e. The molecule has 0 saturated carbocycles. The van der Waals surface area contributed by atoms with E-state index in [-0.39, 0.29) is 36.9 Å². The number of amides is 2. The summed E-state index contributed by atoms with van der Waals surface area (Å²) in [6, 6.07) is 6.49. The largest absolute Gasteiger partial charge is 0.463 e. The molecule has 0 aliphatic heterocycles. The van der Waals surface area contributed by atoms with E-state index in [1.807, 2.05) is 0 Å². The van der Waals surface area contributed by atoms with Gasteiger partial charge in [-0.25, -0.2) is 0 Å². The van der Waals surface area contributed by atoms with Crippen LogP contribution in [0.2, 0.25) is 0 Å². The number of hydrogen-bond donors (Lipinski definition) is 2. The Bertz CT molecular complexity index is 509. The third-order valence-electron chi connectivity index (χ3n) is 2.45. The number of benzene rings is 1. The first-order valence-corrected chi connectivity index (χ1v) is 6.74. The number of nitrogens with one attached hydrogen (secondary N) is 2. The van der Waals surface area contributed by atoms with E-state index in [0.29, 0.717) is 11.3 Å². The van der Waals surface area contributed by atoms with Crippen molar-refractivity contribution < 1.29 is 19.1 Å². The molecule has 2 amide bonds. The molecule has 21 heavy (non-hydrogen) atoms. The summed E-state index contributed by atoms with van der Waals surface area (Å²) in [6.07, 6.45) is -0.0250. The van der Waals surface area contributed by atoms with Crippen molar-refractivity contribution in [2.45, 2.75) is 33.3 Å². The van der Waals surface area contributed by atoms with E-state index in [2.05, 4.69) is 10.6 Å². The number of ether oxygens (including phenoxy) is 1. The van der Waals surface area contributed by atoms with Crippen LogP contribution in [-0.2, 0) is 14.3 Å². The average molecular weight is 292 g/mol. The first-order valence-electron chi connectivity index (χ1n) is 6.74. The second kappa shape index (κ2) is 8.04. The number of esters is 1. The molecule has 0 fully saturated rings. The predicted octanol–water partition coefficient (Wildman–Crippen LogP) is 1.72. The summed E-state index contributed by atoms with van der Waals surface area (Å²) in [4.78, 5) is 34.0. The maximum Gasteiger partial charge on any atom is 0.307 e. The molecular formula is C15H20N2O4. The molecule has 0 radical (unpaired) electrons. The standard InChI is InChI=1S/C15H20N2O4/c1-10(2)21-14(19)8-9-16-15(20)12-4-6-13(7-5-12)17-11(3)18/h4-7,10H,8-9H2,1-3H3,(H,16,20)(H,17,18). The third-order valence-corrected chi connectivity index (χ3v) is 2.45. The zero-order valence-corrected chi connectivity index (χ0v) is 12.4. The van der Waals surface area contributed by atoms with Gasteiger partial charge in [-0.1, -0.05) is 0 Å². The molecule has 0 aromatic heterocycles. The molecule has 0 unspecified atom stereocenters. The van der Waals surface area contributed by atoms with Crippen molar-refractivity contribution in [1.29, 1.82) is 0 Å². The predicted molar refractivity (Wildman–Crippen MR) is 78.9 cm³/mol. The fourth-order valence-electron chi connectivity index (χ4n) is 1.61. The number of hydrogen-bond acceptors (Lipinski definition) is 4. The van der Waals surface area contributed by atoms with Crippen molar-refractivity contribution in [3.05, 3.63) is 29.8 Å². The van der Waals surface area contributed by atoms with E-state index in [4.69, 9.17) is 4.74 Å². The van der Waals surface area contributed by atoms with Gasteiger partial charge in [0.2, 0.25) is 5.91 Å². The minimum atomic E-state index is -0.341. The Morgan fingerprint density at radius 2 is 1.76 bits per heavy atom. The highest BCUT2D eigenvalue weighted by Gasteiger charge is 2.08. The van der Waals surface area contributed by atoms with Crippen LogP contribution in [0.1, 0.15) is 37.6 Å². The number of carbonyl (C=O) groups is 3. The maximum absolute atomic E-state index is 11.8. The van der Waals surface area contributed by atoms with Gasteiger partial charge in [0.1, 0.15) is 0 Å². The van der Waals surface area contributed by atoms with Crippen LogP contribution >= 0.6 is 0 Å². The molecule has 1 aromatic carbocycles. The van der Waals surface area contributed by atoms with Crippen molar-refractivity contribution >= 4 is 23.5 Å². The van der Waals surface area contributed by atoms with Gasteiger partial charge >= 0.3 is 5.97 Å². The lowest BCUT2D eigenvalue weighted by atomic mass is 10.2. The summed E-state index contributed by atoms with van der Waals surface area (Å²) in [5.41, 5.74) is 1.08. The fourth-order valence-corrected chi connectivity index (χ4v) is 1.61. The van der Waals surface area contributed by atoms with Crippen LogP contribution < -0.4 is 10.6 Å². The van der Waals surface area contributed by atoms with Crippen LogP contribution in [0.15, 0.2) is 24.3 Å².